The molecule has 1 unspecified atom stereocenters. The van der Waals surface area contributed by atoms with Crippen molar-refractivity contribution in [2.24, 2.45) is 0 Å². The molecule has 52 atom stereocenters. The highest BCUT2D eigenvalue weighted by Crippen LogP contribution is 2.44. The molecule has 10 aliphatic rings. The van der Waals surface area contributed by atoms with Gasteiger partial charge in [0.2, 0.25) is 29.5 Å². The predicted molar refractivity (Wildman–Crippen MR) is 422 cm³/mol. The van der Waals surface area contributed by atoms with Crippen LogP contribution in [0.3, 0.4) is 0 Å². The van der Waals surface area contributed by atoms with E-state index in [4.69, 9.17) is 90.0 Å². The number of carbonyl (C=O) groups is 7. The molecule has 0 aromatic rings. The second-order valence-electron chi connectivity index (χ2n) is 34.6. The molecule has 0 aliphatic carbocycles. The zero-order valence-corrected chi connectivity index (χ0v) is 73.8. The quantitative estimate of drug-likeness (QED) is 0.0272. The molecule has 36 N–H and O–H groups in total. The van der Waals surface area contributed by atoms with E-state index in [0.717, 1.165) is 34.6 Å². The first kappa shape index (κ1) is 114. The van der Waals surface area contributed by atoms with Gasteiger partial charge in [-0.25, -0.2) is 9.59 Å². The van der Waals surface area contributed by atoms with Crippen LogP contribution in [0.15, 0.2) is 0 Å². The maximum Gasteiger partial charge on any atom is 0.364 e. The van der Waals surface area contributed by atoms with Gasteiger partial charge in [-0.15, -0.1) is 0 Å². The molecule has 138 heavy (non-hydrogen) atoms. The van der Waals surface area contributed by atoms with Crippen molar-refractivity contribution >= 4 is 41.5 Å². The van der Waals surface area contributed by atoms with Gasteiger partial charge in [-0.05, 0) is 0 Å². The van der Waals surface area contributed by atoms with Crippen LogP contribution in [0.4, 0.5) is 0 Å². The Morgan fingerprint density at radius 3 is 1.04 bits per heavy atom. The van der Waals surface area contributed by atoms with Crippen molar-refractivity contribution in [3.8, 4) is 0 Å². The lowest BCUT2D eigenvalue weighted by Gasteiger charge is -2.51. The lowest BCUT2D eigenvalue weighted by Crippen LogP contribution is -2.71. The number of carboxylic acid groups (broad SMARTS) is 2. The van der Waals surface area contributed by atoms with Crippen LogP contribution < -0.4 is 26.6 Å². The highest BCUT2D eigenvalue weighted by atomic mass is 16.8. The van der Waals surface area contributed by atoms with Crippen LogP contribution in [0.25, 0.3) is 0 Å². The molecule has 10 saturated heterocycles. The third-order valence-corrected chi connectivity index (χ3v) is 24.8. The summed E-state index contributed by atoms with van der Waals surface area (Å²) < 4.78 is 112. The summed E-state index contributed by atoms with van der Waals surface area (Å²) >= 11 is 0. The fourth-order valence-electron chi connectivity index (χ4n) is 17.6. The Morgan fingerprint density at radius 2 is 0.616 bits per heavy atom. The van der Waals surface area contributed by atoms with Crippen LogP contribution in [0.1, 0.15) is 47.5 Å². The number of ether oxygens (including phenoxy) is 19. The third kappa shape index (κ3) is 25.2. The second kappa shape index (κ2) is 49.0. The molecule has 10 heterocycles. The SMILES string of the molecule is CC(=O)N[C@H]1[C@H](O[C@@H]2[C@@H](O[C@@H]3[C@H](O)[C@H](O[C@H]4[C@H](O)[C@@H](NC(C)=O)C(O)O[C@@H]4CO)O[C@H](CO[C@H]4O[C@H](CO)[C@@H](O)[C@H](O)[C@@H]4O[C@@H]4O[C@H](CO)[C@@H](O[C@@H]5O[C@H](CO)[C@H](O)[C@H](O[C@]6(C(=O)O)C[C@H](O)[C@@H](NC(C)=O)[C@H]([C@H](O)[C@H](O)CO)O6)[C@H]5O)[C@H](O)[C@H]4NC(C)=O)[C@H]3O)O[C@H](CO)[C@@H](O)[C@@H]2O)O[C@H](CO)[C@@H](O[C@@H]2O[C@H](CO[C@]3(C(=O)O)C[C@H](O)[C@@H](NC(C)=O)[C@H]([C@H](O)[C@H](O)CO)O3)[C@H](O)[C@H](O)[C@H]2O)[C@@H]1O. The van der Waals surface area contributed by atoms with Gasteiger partial charge < -0.3 is 275 Å². The molecule has 0 bridgehead atoms. The van der Waals surface area contributed by atoms with Crippen LogP contribution in [0.5, 0.6) is 0 Å². The van der Waals surface area contributed by atoms with Crippen molar-refractivity contribution in [2.45, 2.75) is 365 Å². The van der Waals surface area contributed by atoms with Crippen LogP contribution >= 0.6 is 0 Å². The molecule has 62 nitrogen and oxygen atoms in total. The number of rotatable bonds is 39. The van der Waals surface area contributed by atoms with Crippen LogP contribution in [-0.4, -0.2) is 584 Å². The van der Waals surface area contributed by atoms with Crippen LogP contribution in [0, 0.1) is 0 Å². The van der Waals surface area contributed by atoms with E-state index in [0.29, 0.717) is 0 Å². The monoisotopic (exact) mass is 2020 g/mol. The van der Waals surface area contributed by atoms with Crippen molar-refractivity contribution in [2.75, 3.05) is 66.1 Å². The zero-order chi connectivity index (χ0) is 102. The van der Waals surface area contributed by atoms with Gasteiger partial charge in [-0.2, -0.15) is 0 Å². The molecule has 0 spiro atoms. The van der Waals surface area contributed by atoms with E-state index in [2.05, 4.69) is 26.6 Å². The molecule has 0 aromatic heterocycles. The van der Waals surface area contributed by atoms with E-state index in [1.807, 2.05) is 0 Å². The summed E-state index contributed by atoms with van der Waals surface area (Å²) in [6.45, 7) is -7.80. The average molecular weight is 2020 g/mol. The topological polar surface area (TPSA) is 982 Å². The Morgan fingerprint density at radius 1 is 0.304 bits per heavy atom. The summed E-state index contributed by atoms with van der Waals surface area (Å²) in [6, 6.07) is -9.52. The van der Waals surface area contributed by atoms with Crippen LogP contribution in [-0.2, 0) is 124 Å². The fraction of sp³-hybridized carbons (Fsp3) is 0.908. The van der Waals surface area contributed by atoms with E-state index >= 15 is 0 Å². The fourth-order valence-corrected chi connectivity index (χ4v) is 17.6. The molecule has 62 heteroatoms. The summed E-state index contributed by atoms with van der Waals surface area (Å²) in [5.41, 5.74) is 0. The van der Waals surface area contributed by atoms with E-state index in [1.165, 1.54) is 0 Å². The number of amides is 5. The van der Waals surface area contributed by atoms with Gasteiger partial charge >= 0.3 is 11.9 Å². The predicted octanol–water partition coefficient (Wildman–Crippen LogP) is -23.7. The third-order valence-electron chi connectivity index (χ3n) is 24.8. The Bertz CT molecular complexity index is 3930. The largest absolute Gasteiger partial charge is 0.477 e. The lowest BCUT2D eigenvalue weighted by atomic mass is 9.88. The minimum absolute atomic E-state index is 0.855. The maximum atomic E-state index is 13.3. The summed E-state index contributed by atoms with van der Waals surface area (Å²) in [5.74, 6) is -15.4. The minimum Gasteiger partial charge on any atom is -0.477 e. The number of carboxylic acids is 2. The van der Waals surface area contributed by atoms with E-state index in [1.54, 1.807) is 0 Å². The highest BCUT2D eigenvalue weighted by Gasteiger charge is 2.65. The molecule has 5 amide bonds. The molecular formula is C76H125N5O57. The number of hydrogen-bond acceptors (Lipinski definition) is 55. The minimum atomic E-state index is -3.32. The standard InChI is InChI=1S/C76H125N5O57/c1-18(90)77-35-23(95)6-75(73(116)117,136-59(35)40(99)25(97)8-82)121-17-34-44(103)50(109)53(112)68(129-34)130-57-31(14-88)127-67(39(48(57)107)81-22(5)94)135-64-52(111)43(102)28(11-85)125-72(64)133-61-46(105)33(128-69(54(61)113)131-56-30(13-87)122-65(115)37(47(56)106)79-20(3)92)16-120-71-63(51(110)42(101)27(10-84)124-71)134-66-38(80-21(4)93)49(108)58(32(15-89)126-66)132-70-55(114)62(45(104)29(12-86)123-70)138-76(74(118)119)7-24(96)36(78-19(2)91)60(137-76)41(100)26(98)9-83/h23-72,82-89,95-115H,6-17H2,1-5H3,(H,77,90)(H,78,91)(H,79,92)(H,80,93)(H,81,94)(H,116,117)(H,118,119)/t23-,24-,25+,26+,27+,28+,29+,30+,31+,32+,33+,34+,35+,36+,37+,38+,39+,40+,41+,42+,43+,44-,45-,46+,47+,48+,49+,50-,51-,52-,53+,54-,55+,56+,57+,58+,59+,60+,61-,62-,63-,64-,65?,66-,67-,68-,69-,70-,71-,72+,75+,76-/m0/s1. The first-order chi connectivity index (χ1) is 64.9. The van der Waals surface area contributed by atoms with Gasteiger partial charge in [0.05, 0.1) is 90.4 Å². The van der Waals surface area contributed by atoms with Gasteiger partial charge in [0.15, 0.2) is 50.3 Å². The number of nitrogens with one attached hydrogen (secondary N) is 5. The molecular weight excluding hydrogens is 1890 g/mol. The smallest absolute Gasteiger partial charge is 0.364 e. The van der Waals surface area contributed by atoms with Crippen molar-refractivity contribution in [3.63, 3.8) is 0 Å². The second-order valence-corrected chi connectivity index (χ2v) is 34.6. The van der Waals surface area contributed by atoms with Crippen molar-refractivity contribution in [3.05, 3.63) is 0 Å². The highest BCUT2D eigenvalue weighted by molar-refractivity contribution is 5.78. The summed E-state index contributed by atoms with van der Waals surface area (Å²) in [7, 11) is 0. The Kier molecular flexibility index (Phi) is 40.6. The molecule has 0 radical (unpaired) electrons. The summed E-state index contributed by atoms with van der Waals surface area (Å²) in [6.07, 6.45) is -104. The number of hydrogen-bond donors (Lipinski definition) is 36. The van der Waals surface area contributed by atoms with E-state index in [9.17, 15) is 192 Å². The normalized spacial score (nSPS) is 46.2. The maximum absolute atomic E-state index is 13.3. The number of aliphatic hydroxyl groups excluding tert-OH is 29. The molecule has 10 rings (SSSR count). The molecule has 10 aliphatic heterocycles. The van der Waals surface area contributed by atoms with Gasteiger partial charge in [-0.3, -0.25) is 24.0 Å². The molecule has 10 fully saturated rings. The molecule has 0 aromatic carbocycles. The molecule has 796 valence electrons. The van der Waals surface area contributed by atoms with E-state index < -0.39 is 438 Å². The Balaban J connectivity index is 0.920. The van der Waals surface area contributed by atoms with E-state index in [-0.39, 0.29) is 0 Å². The lowest BCUT2D eigenvalue weighted by molar-refractivity contribution is -0.398. The van der Waals surface area contributed by atoms with Gasteiger partial charge in [0.25, 0.3) is 11.6 Å². The van der Waals surface area contributed by atoms with Gasteiger partial charge in [0.1, 0.15) is 232 Å². The Hall–Kier alpha value is -5.63. The molecule has 0 saturated carbocycles. The number of aliphatic carboxylic acids is 2. The summed E-state index contributed by atoms with van der Waals surface area (Å²) in [4.78, 5) is 89.5. The van der Waals surface area contributed by atoms with Crippen LogP contribution in [0.2, 0.25) is 0 Å². The summed E-state index contributed by atoms with van der Waals surface area (Å²) in [5, 5.41) is 358. The first-order valence-corrected chi connectivity index (χ1v) is 43.4. The van der Waals surface area contributed by atoms with Crippen molar-refractivity contribution < 1.29 is 282 Å². The number of aliphatic hydroxyl groups is 29. The Labute approximate surface area is 779 Å². The van der Waals surface area contributed by atoms with Gasteiger partial charge in [-0.1, -0.05) is 0 Å². The number of carbonyl (C=O) groups excluding carboxylic acids is 5. The zero-order valence-electron chi connectivity index (χ0n) is 73.8. The average Bonchev–Trinajstić information content (AvgIpc) is 0.748. The van der Waals surface area contributed by atoms with Crippen molar-refractivity contribution in [1.82, 2.24) is 26.6 Å². The first-order valence-electron chi connectivity index (χ1n) is 43.4. The van der Waals surface area contributed by atoms with Crippen molar-refractivity contribution in [1.29, 1.82) is 0 Å². The van der Waals surface area contributed by atoms with Gasteiger partial charge in [0, 0.05) is 47.5 Å².